The molecule has 0 aromatic heterocycles. The number of ether oxygens (including phenoxy) is 1. The van der Waals surface area contributed by atoms with Crippen LogP contribution < -0.4 is 5.32 Å². The lowest BCUT2D eigenvalue weighted by Crippen LogP contribution is -2.40. The van der Waals surface area contributed by atoms with Gasteiger partial charge in [-0.15, -0.1) is 0 Å². The van der Waals surface area contributed by atoms with Crippen LogP contribution in [0.1, 0.15) is 0 Å². The minimum atomic E-state index is -0.430. The third-order valence-electron chi connectivity index (χ3n) is 4.32. The van der Waals surface area contributed by atoms with E-state index in [0.29, 0.717) is 12.3 Å². The predicted octanol–water partition coefficient (Wildman–Crippen LogP) is 0.782. The molecule has 0 saturated carbocycles. The minimum absolute atomic E-state index is 0.202. The molecule has 4 amide bonds. The highest BCUT2D eigenvalue weighted by Crippen LogP contribution is 2.33. The Kier molecular flexibility index (Phi) is 4.29. The van der Waals surface area contributed by atoms with Crippen LogP contribution in [0.25, 0.3) is 0 Å². The fourth-order valence-electron chi connectivity index (χ4n) is 3.11. The molecule has 2 aliphatic heterocycles. The van der Waals surface area contributed by atoms with Gasteiger partial charge in [0, 0.05) is 25.9 Å². The molecule has 2 heterocycles. The van der Waals surface area contributed by atoms with Gasteiger partial charge < -0.3 is 15.0 Å². The largest absolute Gasteiger partial charge is 0.383 e. The number of likely N-dealkylation sites (tertiary alicyclic amines) is 2. The van der Waals surface area contributed by atoms with Crippen molar-refractivity contribution >= 4 is 23.5 Å². The topological polar surface area (TPSA) is 79.0 Å². The van der Waals surface area contributed by atoms with E-state index >= 15 is 0 Å². The van der Waals surface area contributed by atoms with Gasteiger partial charge in [-0.05, 0) is 12.1 Å². The average molecular weight is 317 g/mol. The maximum absolute atomic E-state index is 12.3. The molecule has 2 aliphatic rings. The Morgan fingerprint density at radius 3 is 2.35 bits per heavy atom. The Balaban J connectivity index is 1.63. The van der Waals surface area contributed by atoms with E-state index in [9.17, 15) is 14.4 Å². The molecule has 0 unspecified atom stereocenters. The second kappa shape index (κ2) is 6.37. The number of anilines is 1. The molecule has 0 bridgehead atoms. The van der Waals surface area contributed by atoms with Crippen molar-refractivity contribution in [2.75, 3.05) is 38.7 Å². The average Bonchev–Trinajstić information content (AvgIpc) is 3.08. The number of para-hydroxylation sites is 1. The Labute approximate surface area is 134 Å². The van der Waals surface area contributed by atoms with Gasteiger partial charge in [0.2, 0.25) is 11.8 Å². The van der Waals surface area contributed by atoms with Crippen molar-refractivity contribution in [3.8, 4) is 0 Å². The monoisotopic (exact) mass is 317 g/mol. The summed E-state index contributed by atoms with van der Waals surface area (Å²) in [6, 6.07) is 8.82. The van der Waals surface area contributed by atoms with Crippen LogP contribution in [0.5, 0.6) is 0 Å². The molecule has 0 aliphatic carbocycles. The van der Waals surface area contributed by atoms with Gasteiger partial charge in [-0.3, -0.25) is 14.5 Å². The number of nitrogens with one attached hydrogen (secondary N) is 1. The summed E-state index contributed by atoms with van der Waals surface area (Å²) in [5, 5.41) is 2.78. The number of methoxy groups -OCH3 is 1. The number of carbonyl (C=O) groups is 3. The second-order valence-corrected chi connectivity index (χ2v) is 5.74. The summed E-state index contributed by atoms with van der Waals surface area (Å²) in [5.41, 5.74) is 0.689. The highest BCUT2D eigenvalue weighted by molar-refractivity contribution is 6.06. The van der Waals surface area contributed by atoms with Crippen LogP contribution >= 0.6 is 0 Å². The maximum atomic E-state index is 12.3. The van der Waals surface area contributed by atoms with E-state index < -0.39 is 11.8 Å². The zero-order chi connectivity index (χ0) is 16.4. The molecule has 0 spiro atoms. The summed E-state index contributed by atoms with van der Waals surface area (Å²) in [4.78, 5) is 39.7. The number of hydrogen-bond acceptors (Lipinski definition) is 4. The van der Waals surface area contributed by atoms with Gasteiger partial charge in [0.1, 0.15) is 0 Å². The third-order valence-corrected chi connectivity index (χ3v) is 4.32. The first-order chi connectivity index (χ1) is 11.1. The number of urea groups is 1. The molecule has 1 N–H and O–H groups in total. The maximum Gasteiger partial charge on any atom is 0.321 e. The zero-order valence-electron chi connectivity index (χ0n) is 12.9. The van der Waals surface area contributed by atoms with Crippen LogP contribution in [-0.2, 0) is 14.3 Å². The molecule has 2 saturated heterocycles. The van der Waals surface area contributed by atoms with Crippen molar-refractivity contribution in [1.82, 2.24) is 9.80 Å². The Morgan fingerprint density at radius 1 is 1.17 bits per heavy atom. The molecule has 7 heteroatoms. The van der Waals surface area contributed by atoms with E-state index in [1.54, 1.807) is 12.1 Å². The number of imide groups is 1. The van der Waals surface area contributed by atoms with Gasteiger partial charge in [0.05, 0.1) is 25.0 Å². The van der Waals surface area contributed by atoms with Crippen LogP contribution in [0.15, 0.2) is 30.3 Å². The van der Waals surface area contributed by atoms with E-state index in [4.69, 9.17) is 4.74 Å². The Hall–Kier alpha value is -2.41. The highest BCUT2D eigenvalue weighted by atomic mass is 16.5. The van der Waals surface area contributed by atoms with Crippen molar-refractivity contribution in [3.05, 3.63) is 30.3 Å². The van der Waals surface area contributed by atoms with Gasteiger partial charge in [0.25, 0.3) is 0 Å². The predicted molar refractivity (Wildman–Crippen MR) is 82.6 cm³/mol. The lowest BCUT2D eigenvalue weighted by atomic mass is 10.00. The van der Waals surface area contributed by atoms with Crippen molar-refractivity contribution in [2.45, 2.75) is 0 Å². The van der Waals surface area contributed by atoms with Crippen molar-refractivity contribution in [3.63, 3.8) is 0 Å². The second-order valence-electron chi connectivity index (χ2n) is 5.74. The van der Waals surface area contributed by atoms with Gasteiger partial charge in [-0.25, -0.2) is 4.79 Å². The van der Waals surface area contributed by atoms with Crippen LogP contribution in [0.2, 0.25) is 0 Å². The fraction of sp³-hybridized carbons (Fsp3) is 0.438. The number of amides is 4. The molecule has 122 valence electrons. The molecule has 1 aromatic carbocycles. The number of fused-ring (bicyclic) bond motifs is 1. The van der Waals surface area contributed by atoms with Crippen molar-refractivity contribution in [1.29, 1.82) is 0 Å². The smallest absolute Gasteiger partial charge is 0.321 e. The van der Waals surface area contributed by atoms with Crippen molar-refractivity contribution < 1.29 is 19.1 Å². The van der Waals surface area contributed by atoms with Gasteiger partial charge in [-0.1, -0.05) is 18.2 Å². The van der Waals surface area contributed by atoms with Gasteiger partial charge in [-0.2, -0.15) is 0 Å². The molecule has 1 aromatic rings. The number of rotatable bonds is 4. The molecular weight excluding hydrogens is 298 g/mol. The van der Waals surface area contributed by atoms with Gasteiger partial charge in [0.15, 0.2) is 0 Å². The number of nitrogens with zero attached hydrogens (tertiary/aromatic N) is 2. The summed E-state index contributed by atoms with van der Waals surface area (Å²) in [6.45, 7) is 1.15. The summed E-state index contributed by atoms with van der Waals surface area (Å²) in [6.07, 6.45) is 0. The lowest BCUT2D eigenvalue weighted by molar-refractivity contribution is -0.141. The number of carbonyl (C=O) groups excluding carboxylic acids is 3. The first-order valence-electron chi connectivity index (χ1n) is 7.57. The summed E-state index contributed by atoms with van der Waals surface area (Å²) < 4.78 is 4.93. The van der Waals surface area contributed by atoms with Crippen LogP contribution in [0.4, 0.5) is 10.5 Å². The minimum Gasteiger partial charge on any atom is -0.383 e. The number of benzene rings is 1. The lowest BCUT2D eigenvalue weighted by Gasteiger charge is -2.21. The first kappa shape index (κ1) is 15.5. The van der Waals surface area contributed by atoms with E-state index in [1.807, 2.05) is 18.2 Å². The molecule has 7 nitrogen and oxygen atoms in total. The third kappa shape index (κ3) is 2.92. The molecule has 3 rings (SSSR count). The molecule has 2 atom stereocenters. The fourth-order valence-corrected chi connectivity index (χ4v) is 3.11. The summed E-state index contributed by atoms with van der Waals surface area (Å²) in [7, 11) is 1.53. The van der Waals surface area contributed by atoms with Crippen LogP contribution in [0, 0.1) is 11.8 Å². The van der Waals surface area contributed by atoms with Crippen molar-refractivity contribution in [2.24, 2.45) is 11.8 Å². The van der Waals surface area contributed by atoms with Crippen LogP contribution in [-0.4, -0.2) is 61.0 Å². The Morgan fingerprint density at radius 2 is 1.78 bits per heavy atom. The highest BCUT2D eigenvalue weighted by Gasteiger charge is 2.53. The molecule has 2 fully saturated rings. The normalized spacial score (nSPS) is 23.3. The molecular formula is C16H19N3O4. The van der Waals surface area contributed by atoms with Gasteiger partial charge >= 0.3 is 6.03 Å². The first-order valence-corrected chi connectivity index (χ1v) is 7.57. The summed E-state index contributed by atoms with van der Waals surface area (Å²) in [5.74, 6) is -1.26. The van der Waals surface area contributed by atoms with Crippen LogP contribution in [0.3, 0.4) is 0 Å². The molecule has 0 radical (unpaired) electrons. The quantitative estimate of drug-likeness (QED) is 0.833. The zero-order valence-corrected chi connectivity index (χ0v) is 12.9. The van der Waals surface area contributed by atoms with E-state index in [2.05, 4.69) is 5.32 Å². The van der Waals surface area contributed by atoms with E-state index in [1.165, 1.54) is 16.9 Å². The van der Waals surface area contributed by atoms with E-state index in [-0.39, 0.29) is 37.5 Å². The molecule has 23 heavy (non-hydrogen) atoms. The van der Waals surface area contributed by atoms with E-state index in [0.717, 1.165) is 0 Å². The SMILES string of the molecule is COCCN1C(=O)[C@H]2CN(C(=O)Nc3ccccc3)C[C@H]2C1=O. The number of hydrogen-bond donors (Lipinski definition) is 1. The standard InChI is InChI=1S/C16H19N3O4/c1-23-8-7-19-14(20)12-9-18(10-13(12)15(19)21)16(22)17-11-5-3-2-4-6-11/h2-6,12-13H,7-10H2,1H3,(H,17,22)/t12-,13+. The summed E-state index contributed by atoms with van der Waals surface area (Å²) >= 11 is 0. The Bertz CT molecular complexity index is 595.